The van der Waals surface area contributed by atoms with Gasteiger partial charge in [0, 0.05) is 11.3 Å². The number of amidine groups is 1. The number of hydrogen-bond donors (Lipinski definition) is 1. The molecular formula is C17H32N2S. The molecule has 1 aliphatic heterocycles. The average molecular weight is 297 g/mol. The molecule has 0 radical (unpaired) electrons. The number of rotatable bonds is 6. The molecule has 0 aromatic carbocycles. The van der Waals surface area contributed by atoms with E-state index in [2.05, 4.69) is 26.1 Å². The van der Waals surface area contributed by atoms with Crippen molar-refractivity contribution in [3.63, 3.8) is 0 Å². The quantitative estimate of drug-likeness (QED) is 0.747. The molecule has 1 aliphatic carbocycles. The highest BCUT2D eigenvalue weighted by molar-refractivity contribution is 8.14. The zero-order valence-electron chi connectivity index (χ0n) is 13.6. The standard InChI is InChI=1S/C17H32N2S/c1-4-6-10-15(8-5-2)18-16-19-17(13-20-16)11-7-9-14(3)12-17/h14-15H,4-13H2,1-3H3,(H,18,19). The first kappa shape index (κ1) is 16.2. The van der Waals surface area contributed by atoms with Crippen LogP contribution in [-0.2, 0) is 0 Å². The van der Waals surface area contributed by atoms with Gasteiger partial charge in [0.15, 0.2) is 5.17 Å². The fourth-order valence-corrected chi connectivity index (χ4v) is 4.95. The van der Waals surface area contributed by atoms with Crippen LogP contribution in [0.5, 0.6) is 0 Å². The van der Waals surface area contributed by atoms with Crippen LogP contribution in [-0.4, -0.2) is 22.5 Å². The normalized spacial score (nSPS) is 33.5. The lowest BCUT2D eigenvalue weighted by atomic mass is 9.78. The zero-order chi connectivity index (χ0) is 14.4. The zero-order valence-corrected chi connectivity index (χ0v) is 14.4. The molecule has 1 saturated heterocycles. The first-order valence-electron chi connectivity index (χ1n) is 8.66. The molecule has 3 atom stereocenters. The van der Waals surface area contributed by atoms with Crippen molar-refractivity contribution in [2.24, 2.45) is 10.9 Å². The second kappa shape index (κ2) is 7.72. The van der Waals surface area contributed by atoms with Crippen LogP contribution in [0.3, 0.4) is 0 Å². The maximum atomic E-state index is 5.05. The predicted molar refractivity (Wildman–Crippen MR) is 91.6 cm³/mol. The Labute approximate surface area is 129 Å². The molecule has 1 saturated carbocycles. The fourth-order valence-electron chi connectivity index (χ4n) is 3.69. The van der Waals surface area contributed by atoms with E-state index < -0.39 is 0 Å². The van der Waals surface area contributed by atoms with Crippen molar-refractivity contribution in [1.29, 1.82) is 0 Å². The van der Waals surface area contributed by atoms with E-state index in [1.165, 1.54) is 68.7 Å². The molecule has 2 nitrogen and oxygen atoms in total. The summed E-state index contributed by atoms with van der Waals surface area (Å²) < 4.78 is 0. The summed E-state index contributed by atoms with van der Waals surface area (Å²) in [4.78, 5) is 5.05. The third-order valence-electron chi connectivity index (χ3n) is 4.76. The van der Waals surface area contributed by atoms with Gasteiger partial charge < -0.3 is 5.32 Å². The minimum Gasteiger partial charge on any atom is -0.359 e. The van der Waals surface area contributed by atoms with Gasteiger partial charge in [-0.25, -0.2) is 0 Å². The lowest BCUT2D eigenvalue weighted by molar-refractivity contribution is 0.242. The van der Waals surface area contributed by atoms with Gasteiger partial charge in [-0.3, -0.25) is 4.99 Å². The average Bonchev–Trinajstić information content (AvgIpc) is 2.78. The molecule has 2 fully saturated rings. The smallest absolute Gasteiger partial charge is 0.157 e. The van der Waals surface area contributed by atoms with Gasteiger partial charge in [-0.15, -0.1) is 0 Å². The van der Waals surface area contributed by atoms with Crippen LogP contribution in [0.2, 0.25) is 0 Å². The van der Waals surface area contributed by atoms with Crippen molar-refractivity contribution in [3.8, 4) is 0 Å². The van der Waals surface area contributed by atoms with Gasteiger partial charge in [-0.05, 0) is 31.6 Å². The van der Waals surface area contributed by atoms with Gasteiger partial charge in [0.1, 0.15) is 0 Å². The van der Waals surface area contributed by atoms with Crippen molar-refractivity contribution >= 4 is 16.9 Å². The molecule has 1 heterocycles. The molecule has 0 aromatic rings. The van der Waals surface area contributed by atoms with E-state index in [0.717, 1.165) is 5.92 Å². The topological polar surface area (TPSA) is 24.4 Å². The summed E-state index contributed by atoms with van der Waals surface area (Å²) in [5.74, 6) is 2.12. The number of nitrogens with zero attached hydrogens (tertiary/aromatic N) is 1. The number of nitrogens with one attached hydrogen (secondary N) is 1. The Hall–Kier alpha value is -0.180. The monoisotopic (exact) mass is 296 g/mol. The summed E-state index contributed by atoms with van der Waals surface area (Å²) in [6, 6.07) is 0.547. The van der Waals surface area contributed by atoms with Crippen LogP contribution in [0, 0.1) is 5.92 Å². The maximum Gasteiger partial charge on any atom is 0.157 e. The molecule has 1 N–H and O–H groups in total. The van der Waals surface area contributed by atoms with E-state index in [9.17, 15) is 0 Å². The first-order chi connectivity index (χ1) is 9.67. The number of aliphatic imine (C=N–C) groups is 1. The SMILES string of the molecule is CCCCC(CCC)N=C1NC2(CCCC(C)C2)CS1. The summed E-state index contributed by atoms with van der Waals surface area (Å²) in [5.41, 5.74) is 0.378. The highest BCUT2D eigenvalue weighted by Crippen LogP contribution is 2.39. The first-order valence-corrected chi connectivity index (χ1v) is 9.65. The Morgan fingerprint density at radius 3 is 2.90 bits per heavy atom. The van der Waals surface area contributed by atoms with Gasteiger partial charge >= 0.3 is 0 Å². The second-order valence-electron chi connectivity index (χ2n) is 6.91. The van der Waals surface area contributed by atoms with Gasteiger partial charge in [-0.2, -0.15) is 0 Å². The summed E-state index contributed by atoms with van der Waals surface area (Å²) in [7, 11) is 0. The maximum absolute atomic E-state index is 5.05. The number of hydrogen-bond acceptors (Lipinski definition) is 2. The van der Waals surface area contributed by atoms with Crippen LogP contribution in [0.1, 0.15) is 78.6 Å². The largest absolute Gasteiger partial charge is 0.359 e. The molecule has 3 unspecified atom stereocenters. The molecule has 0 bridgehead atoms. The lowest BCUT2D eigenvalue weighted by Crippen LogP contribution is -2.47. The Bertz CT molecular complexity index is 329. The van der Waals surface area contributed by atoms with Gasteiger partial charge in [0.25, 0.3) is 0 Å². The molecule has 3 heteroatoms. The summed E-state index contributed by atoms with van der Waals surface area (Å²) in [5, 5.41) is 5.06. The predicted octanol–water partition coefficient (Wildman–Crippen LogP) is 4.99. The summed E-state index contributed by atoms with van der Waals surface area (Å²) in [6.07, 6.45) is 11.8. The Balaban J connectivity index is 1.93. The molecule has 2 rings (SSSR count). The van der Waals surface area contributed by atoms with Crippen molar-refractivity contribution in [3.05, 3.63) is 0 Å². The van der Waals surface area contributed by atoms with Crippen molar-refractivity contribution < 1.29 is 0 Å². The van der Waals surface area contributed by atoms with Crippen LogP contribution in [0.15, 0.2) is 4.99 Å². The third-order valence-corrected chi connectivity index (χ3v) is 5.94. The molecule has 1 spiro atoms. The van der Waals surface area contributed by atoms with Crippen molar-refractivity contribution in [1.82, 2.24) is 5.32 Å². The fraction of sp³-hybridized carbons (Fsp3) is 0.941. The van der Waals surface area contributed by atoms with Gasteiger partial charge in [0.2, 0.25) is 0 Å². The number of unbranched alkanes of at least 4 members (excludes halogenated alkanes) is 1. The van der Waals surface area contributed by atoms with Gasteiger partial charge in [0.05, 0.1) is 6.04 Å². The molecule has 116 valence electrons. The molecule has 20 heavy (non-hydrogen) atoms. The second-order valence-corrected chi connectivity index (χ2v) is 7.88. The van der Waals surface area contributed by atoms with Crippen LogP contribution < -0.4 is 5.32 Å². The van der Waals surface area contributed by atoms with E-state index >= 15 is 0 Å². The molecule has 0 aromatic heterocycles. The van der Waals surface area contributed by atoms with E-state index in [1.807, 2.05) is 11.8 Å². The molecule has 0 amide bonds. The van der Waals surface area contributed by atoms with Crippen molar-refractivity contribution in [2.45, 2.75) is 90.1 Å². The highest BCUT2D eigenvalue weighted by Gasteiger charge is 2.40. The van der Waals surface area contributed by atoms with Crippen LogP contribution >= 0.6 is 11.8 Å². The van der Waals surface area contributed by atoms with E-state index in [0.29, 0.717) is 11.6 Å². The van der Waals surface area contributed by atoms with Crippen molar-refractivity contribution in [2.75, 3.05) is 5.75 Å². The van der Waals surface area contributed by atoms with E-state index in [1.54, 1.807) is 0 Å². The van der Waals surface area contributed by atoms with Crippen LogP contribution in [0.4, 0.5) is 0 Å². The summed E-state index contributed by atoms with van der Waals surface area (Å²) >= 11 is 1.98. The Morgan fingerprint density at radius 2 is 2.20 bits per heavy atom. The summed E-state index contributed by atoms with van der Waals surface area (Å²) in [6.45, 7) is 6.96. The highest BCUT2D eigenvalue weighted by atomic mass is 32.2. The Kier molecular flexibility index (Phi) is 6.25. The minimum atomic E-state index is 0.378. The molecule has 2 aliphatic rings. The minimum absolute atomic E-state index is 0.378. The van der Waals surface area contributed by atoms with E-state index in [-0.39, 0.29) is 0 Å². The van der Waals surface area contributed by atoms with Crippen LogP contribution in [0.25, 0.3) is 0 Å². The number of thioether (sulfide) groups is 1. The van der Waals surface area contributed by atoms with E-state index in [4.69, 9.17) is 4.99 Å². The third kappa shape index (κ3) is 4.41. The Morgan fingerprint density at radius 1 is 1.35 bits per heavy atom. The van der Waals surface area contributed by atoms with Gasteiger partial charge in [-0.1, -0.05) is 64.6 Å². The molecular weight excluding hydrogens is 264 g/mol. The lowest BCUT2D eigenvalue weighted by Gasteiger charge is -2.36.